The highest BCUT2D eigenvalue weighted by molar-refractivity contribution is 4.54. The van der Waals surface area contributed by atoms with E-state index < -0.39 is 0 Å². The molecule has 0 fully saturated rings. The van der Waals surface area contributed by atoms with E-state index in [9.17, 15) is 0 Å². The zero-order chi connectivity index (χ0) is 7.28. The van der Waals surface area contributed by atoms with Gasteiger partial charge in [-0.1, -0.05) is 6.92 Å². The van der Waals surface area contributed by atoms with Gasteiger partial charge in [-0.25, -0.2) is 0 Å². The van der Waals surface area contributed by atoms with Gasteiger partial charge in [0, 0.05) is 19.8 Å². The second kappa shape index (κ2) is 4.73. The van der Waals surface area contributed by atoms with Crippen molar-refractivity contribution in [2.75, 3.05) is 26.9 Å². The summed E-state index contributed by atoms with van der Waals surface area (Å²) in [4.78, 5) is 1.97. The molecule has 0 aromatic heterocycles. The molecule has 0 saturated carbocycles. The van der Waals surface area contributed by atoms with Crippen LogP contribution in [0, 0.1) is 5.92 Å². The number of aliphatic hydroxyl groups excluding tert-OH is 1. The number of nitrogens with two attached hydrogens (primary N) is 1. The van der Waals surface area contributed by atoms with Crippen LogP contribution in [0.1, 0.15) is 6.92 Å². The smallest absolute Gasteiger partial charge is 0.0468 e. The standard InChI is InChI=1S/C6H16N2O/c1-6(4-9)3-8(2)5-7/h6,9H,3-5,7H2,1-2H3. The molecule has 1 atom stereocenters. The van der Waals surface area contributed by atoms with Crippen LogP contribution >= 0.6 is 0 Å². The van der Waals surface area contributed by atoms with Gasteiger partial charge >= 0.3 is 0 Å². The normalized spacial score (nSPS) is 14.3. The molecule has 0 aromatic rings. The summed E-state index contributed by atoms with van der Waals surface area (Å²) in [6.07, 6.45) is 0. The Labute approximate surface area is 56.5 Å². The van der Waals surface area contributed by atoms with Gasteiger partial charge in [0.15, 0.2) is 0 Å². The van der Waals surface area contributed by atoms with Crippen molar-refractivity contribution < 1.29 is 5.11 Å². The fourth-order valence-corrected chi connectivity index (χ4v) is 0.664. The van der Waals surface area contributed by atoms with E-state index in [4.69, 9.17) is 10.8 Å². The van der Waals surface area contributed by atoms with Crippen LogP contribution < -0.4 is 5.73 Å². The van der Waals surface area contributed by atoms with Gasteiger partial charge in [0.2, 0.25) is 0 Å². The maximum atomic E-state index is 8.61. The molecule has 0 bridgehead atoms. The Bertz CT molecular complexity index is 60.1. The van der Waals surface area contributed by atoms with Gasteiger partial charge in [0.05, 0.1) is 0 Å². The van der Waals surface area contributed by atoms with E-state index in [0.29, 0.717) is 12.6 Å². The zero-order valence-electron chi connectivity index (χ0n) is 6.17. The first-order valence-electron chi connectivity index (χ1n) is 3.20. The lowest BCUT2D eigenvalue weighted by Crippen LogP contribution is -2.31. The Morgan fingerprint density at radius 2 is 2.22 bits per heavy atom. The third kappa shape index (κ3) is 4.39. The van der Waals surface area contributed by atoms with Crippen molar-refractivity contribution in [1.82, 2.24) is 4.90 Å². The molecule has 0 amide bonds. The lowest BCUT2D eigenvalue weighted by Gasteiger charge is -2.16. The number of hydrogen-bond donors (Lipinski definition) is 2. The van der Waals surface area contributed by atoms with Crippen LogP contribution in [0.25, 0.3) is 0 Å². The van der Waals surface area contributed by atoms with Crippen molar-refractivity contribution in [3.63, 3.8) is 0 Å². The first-order valence-corrected chi connectivity index (χ1v) is 3.20. The van der Waals surface area contributed by atoms with Crippen LogP contribution in [0.4, 0.5) is 0 Å². The molecule has 0 rings (SSSR count). The van der Waals surface area contributed by atoms with Crippen molar-refractivity contribution in [3.05, 3.63) is 0 Å². The molecule has 0 saturated heterocycles. The molecule has 3 N–H and O–H groups in total. The van der Waals surface area contributed by atoms with Crippen LogP contribution in [0.15, 0.2) is 0 Å². The minimum absolute atomic E-state index is 0.240. The molecule has 3 nitrogen and oxygen atoms in total. The maximum Gasteiger partial charge on any atom is 0.0468 e. The number of aliphatic hydroxyl groups is 1. The molecule has 0 aliphatic heterocycles. The third-order valence-electron chi connectivity index (χ3n) is 1.25. The predicted molar refractivity (Wildman–Crippen MR) is 37.9 cm³/mol. The zero-order valence-corrected chi connectivity index (χ0v) is 6.17. The fourth-order valence-electron chi connectivity index (χ4n) is 0.664. The van der Waals surface area contributed by atoms with E-state index in [-0.39, 0.29) is 6.61 Å². The third-order valence-corrected chi connectivity index (χ3v) is 1.25. The molecule has 3 heteroatoms. The molecular formula is C6H16N2O. The van der Waals surface area contributed by atoms with E-state index in [1.807, 2.05) is 18.9 Å². The lowest BCUT2D eigenvalue weighted by atomic mass is 10.2. The average Bonchev–Trinajstić information content (AvgIpc) is 1.87. The highest BCUT2D eigenvalue weighted by atomic mass is 16.3. The Balaban J connectivity index is 3.22. The first-order chi connectivity index (χ1) is 4.20. The SMILES string of the molecule is CC(CO)CN(C)CN. The number of nitrogens with zero attached hydrogens (tertiary/aromatic N) is 1. The van der Waals surface area contributed by atoms with Crippen LogP contribution in [0.2, 0.25) is 0 Å². The molecule has 9 heavy (non-hydrogen) atoms. The van der Waals surface area contributed by atoms with E-state index in [1.54, 1.807) is 0 Å². The van der Waals surface area contributed by atoms with Gasteiger partial charge in [-0.2, -0.15) is 0 Å². The molecule has 0 heterocycles. The quantitative estimate of drug-likeness (QED) is 0.505. The minimum atomic E-state index is 0.240. The van der Waals surface area contributed by atoms with Crippen LogP contribution in [-0.4, -0.2) is 36.9 Å². The van der Waals surface area contributed by atoms with Gasteiger partial charge in [0.25, 0.3) is 0 Å². The van der Waals surface area contributed by atoms with Crippen LogP contribution in [-0.2, 0) is 0 Å². The number of hydrogen-bond acceptors (Lipinski definition) is 3. The Kier molecular flexibility index (Phi) is 4.67. The van der Waals surface area contributed by atoms with Crippen molar-refractivity contribution in [2.45, 2.75) is 6.92 Å². The van der Waals surface area contributed by atoms with Crippen molar-refractivity contribution >= 4 is 0 Å². The Morgan fingerprint density at radius 3 is 2.56 bits per heavy atom. The summed E-state index contributed by atoms with van der Waals surface area (Å²) >= 11 is 0. The monoisotopic (exact) mass is 132 g/mol. The summed E-state index contributed by atoms with van der Waals surface area (Å²) in [5.41, 5.74) is 5.32. The second-order valence-electron chi connectivity index (χ2n) is 2.51. The van der Waals surface area contributed by atoms with Gasteiger partial charge in [-0.05, 0) is 13.0 Å². The molecule has 0 aromatic carbocycles. The lowest BCUT2D eigenvalue weighted by molar-refractivity contribution is 0.193. The average molecular weight is 132 g/mol. The van der Waals surface area contributed by atoms with E-state index in [2.05, 4.69) is 0 Å². The van der Waals surface area contributed by atoms with E-state index in [1.165, 1.54) is 0 Å². The largest absolute Gasteiger partial charge is 0.396 e. The first kappa shape index (κ1) is 8.88. The minimum Gasteiger partial charge on any atom is -0.396 e. The molecule has 0 aliphatic carbocycles. The second-order valence-corrected chi connectivity index (χ2v) is 2.51. The Morgan fingerprint density at radius 1 is 1.67 bits per heavy atom. The Hall–Kier alpha value is -0.120. The summed E-state index contributed by atoms with van der Waals surface area (Å²) in [6, 6.07) is 0. The number of rotatable bonds is 4. The van der Waals surface area contributed by atoms with E-state index >= 15 is 0 Å². The summed E-state index contributed by atoms with van der Waals surface area (Å²) in [5, 5.41) is 8.61. The summed E-state index contributed by atoms with van der Waals surface area (Å²) in [6.45, 7) is 3.66. The molecule has 0 aliphatic rings. The predicted octanol–water partition coefficient (Wildman–Crippen LogP) is -0.537. The van der Waals surface area contributed by atoms with Crippen molar-refractivity contribution in [2.24, 2.45) is 11.7 Å². The van der Waals surface area contributed by atoms with Gasteiger partial charge in [-0.3, -0.25) is 4.90 Å². The molecular weight excluding hydrogens is 116 g/mol. The fraction of sp³-hybridized carbons (Fsp3) is 1.00. The van der Waals surface area contributed by atoms with E-state index in [0.717, 1.165) is 6.54 Å². The van der Waals surface area contributed by atoms with Crippen molar-refractivity contribution in [1.29, 1.82) is 0 Å². The van der Waals surface area contributed by atoms with Crippen molar-refractivity contribution in [3.8, 4) is 0 Å². The molecule has 0 spiro atoms. The van der Waals surface area contributed by atoms with Crippen LogP contribution in [0.3, 0.4) is 0 Å². The maximum absolute atomic E-state index is 8.61. The highest BCUT2D eigenvalue weighted by Gasteiger charge is 2.01. The summed E-state index contributed by atoms with van der Waals surface area (Å²) in [5.74, 6) is 0.332. The molecule has 56 valence electrons. The molecule has 1 unspecified atom stereocenters. The van der Waals surface area contributed by atoms with Gasteiger partial charge < -0.3 is 10.8 Å². The highest BCUT2D eigenvalue weighted by Crippen LogP contribution is 1.93. The summed E-state index contributed by atoms with van der Waals surface area (Å²) in [7, 11) is 1.94. The van der Waals surface area contributed by atoms with Gasteiger partial charge in [-0.15, -0.1) is 0 Å². The molecule has 0 radical (unpaired) electrons. The summed E-state index contributed by atoms with van der Waals surface area (Å²) < 4.78 is 0. The topological polar surface area (TPSA) is 49.5 Å². The van der Waals surface area contributed by atoms with Gasteiger partial charge in [0.1, 0.15) is 0 Å². The van der Waals surface area contributed by atoms with Crippen LogP contribution in [0.5, 0.6) is 0 Å².